The Hall–Kier alpha value is -1.59. The first-order chi connectivity index (χ1) is 12.1. The van der Waals surface area contributed by atoms with Crippen molar-refractivity contribution in [3.05, 3.63) is 24.3 Å². The number of nitrogens with one attached hydrogen (secondary N) is 1. The van der Waals surface area contributed by atoms with Gasteiger partial charge in [0.25, 0.3) is 0 Å². The Bertz CT molecular complexity index is 597. The molecule has 1 fully saturated rings. The van der Waals surface area contributed by atoms with E-state index < -0.39 is 0 Å². The number of rotatable bonds is 8. The van der Waals surface area contributed by atoms with Crippen LogP contribution >= 0.6 is 11.8 Å². The number of thioether (sulfide) groups is 1. The van der Waals surface area contributed by atoms with Gasteiger partial charge in [-0.25, -0.2) is 0 Å². The molecule has 0 saturated carbocycles. The molecule has 1 aliphatic rings. The van der Waals surface area contributed by atoms with Crippen molar-refractivity contribution in [1.29, 1.82) is 5.26 Å². The normalized spacial score (nSPS) is 17.0. The van der Waals surface area contributed by atoms with Gasteiger partial charge in [0.1, 0.15) is 0 Å². The maximum absolute atomic E-state index is 12.4. The fourth-order valence-electron chi connectivity index (χ4n) is 2.65. The molecule has 0 aromatic heterocycles. The summed E-state index contributed by atoms with van der Waals surface area (Å²) < 4.78 is 0. The number of piperazine rings is 1. The fourth-order valence-corrected chi connectivity index (χ4v) is 3.61. The second-order valence-electron chi connectivity index (χ2n) is 6.23. The van der Waals surface area contributed by atoms with Gasteiger partial charge in [0.2, 0.25) is 5.91 Å². The van der Waals surface area contributed by atoms with Gasteiger partial charge in [-0.1, -0.05) is 12.1 Å². The van der Waals surface area contributed by atoms with E-state index in [1.165, 1.54) is 0 Å². The van der Waals surface area contributed by atoms with Gasteiger partial charge in [-0.3, -0.25) is 14.6 Å². The van der Waals surface area contributed by atoms with E-state index in [0.29, 0.717) is 18.8 Å². The first-order valence-electron chi connectivity index (χ1n) is 8.59. The number of nitriles is 1. The summed E-state index contributed by atoms with van der Waals surface area (Å²) >= 11 is 1.59. The third-order valence-electron chi connectivity index (χ3n) is 4.12. The molecule has 25 heavy (non-hydrogen) atoms. The van der Waals surface area contributed by atoms with Crippen molar-refractivity contribution in [1.82, 2.24) is 9.80 Å². The van der Waals surface area contributed by atoms with E-state index in [2.05, 4.69) is 21.2 Å². The lowest BCUT2D eigenvalue weighted by Gasteiger charge is -2.33. The first kappa shape index (κ1) is 19.7. The molecule has 1 unspecified atom stereocenters. The highest BCUT2D eigenvalue weighted by atomic mass is 32.2. The molecule has 0 radical (unpaired) electrons. The molecule has 1 saturated heterocycles. The van der Waals surface area contributed by atoms with Crippen LogP contribution in [-0.4, -0.2) is 72.4 Å². The van der Waals surface area contributed by atoms with Crippen LogP contribution < -0.4 is 5.32 Å². The topological polar surface area (TPSA) is 79.6 Å². The first-order valence-corrected chi connectivity index (χ1v) is 9.57. The van der Waals surface area contributed by atoms with Gasteiger partial charge in [0.15, 0.2) is 0 Å². The molecule has 1 aromatic carbocycles. The summed E-state index contributed by atoms with van der Waals surface area (Å²) in [5.74, 6) is 0.664. The Morgan fingerprint density at radius 3 is 2.68 bits per heavy atom. The van der Waals surface area contributed by atoms with Gasteiger partial charge >= 0.3 is 0 Å². The predicted octanol–water partition coefficient (Wildman–Crippen LogP) is 1.49. The number of anilines is 1. The lowest BCUT2D eigenvalue weighted by atomic mass is 10.3. The fraction of sp³-hybridized carbons (Fsp3) is 0.556. The van der Waals surface area contributed by atoms with E-state index in [9.17, 15) is 4.79 Å². The molecule has 2 rings (SSSR count). The molecule has 1 aliphatic heterocycles. The molecule has 136 valence electrons. The highest BCUT2D eigenvalue weighted by Gasteiger charge is 2.19. The number of nitrogens with zero attached hydrogens (tertiary/aromatic N) is 3. The van der Waals surface area contributed by atoms with Crippen LogP contribution in [0.4, 0.5) is 5.69 Å². The number of carbonyl (C=O) groups is 1. The molecule has 0 spiro atoms. The molecule has 1 heterocycles. The maximum atomic E-state index is 12.4. The van der Waals surface area contributed by atoms with Crippen LogP contribution in [0.15, 0.2) is 29.2 Å². The maximum Gasteiger partial charge on any atom is 0.238 e. The highest BCUT2D eigenvalue weighted by Crippen LogP contribution is 2.28. The monoisotopic (exact) mass is 362 g/mol. The third-order valence-corrected chi connectivity index (χ3v) is 5.45. The van der Waals surface area contributed by atoms with E-state index in [1.54, 1.807) is 11.8 Å². The lowest BCUT2D eigenvalue weighted by Crippen LogP contribution is -2.49. The summed E-state index contributed by atoms with van der Waals surface area (Å²) in [7, 11) is 0. The zero-order valence-corrected chi connectivity index (χ0v) is 15.5. The second kappa shape index (κ2) is 10.4. The van der Waals surface area contributed by atoms with Crippen molar-refractivity contribution >= 4 is 23.4 Å². The van der Waals surface area contributed by atoms with Crippen molar-refractivity contribution in [2.45, 2.75) is 11.8 Å². The molecule has 2 N–H and O–H groups in total. The number of β-amino-alcohol motifs (C(OH)–C–C–N with tert-alkyl or cyclic N) is 1. The predicted molar refractivity (Wildman–Crippen MR) is 101 cm³/mol. The van der Waals surface area contributed by atoms with Crippen molar-refractivity contribution in [2.24, 2.45) is 5.92 Å². The number of para-hydroxylation sites is 1. The number of aliphatic hydroxyl groups is 1. The summed E-state index contributed by atoms with van der Waals surface area (Å²) in [6, 6.07) is 9.94. The second-order valence-corrected chi connectivity index (χ2v) is 7.29. The molecule has 6 nitrogen and oxygen atoms in total. The van der Waals surface area contributed by atoms with Crippen molar-refractivity contribution in [3.63, 3.8) is 0 Å². The molecule has 1 aromatic rings. The zero-order valence-electron chi connectivity index (χ0n) is 14.6. The van der Waals surface area contributed by atoms with Gasteiger partial charge in [0.05, 0.1) is 30.8 Å². The average Bonchev–Trinajstić information content (AvgIpc) is 2.62. The number of hydrogen-bond acceptors (Lipinski definition) is 6. The molecule has 1 atom stereocenters. The van der Waals surface area contributed by atoms with Crippen LogP contribution in [0.5, 0.6) is 0 Å². The van der Waals surface area contributed by atoms with Crippen LogP contribution in [-0.2, 0) is 4.79 Å². The van der Waals surface area contributed by atoms with E-state index in [-0.39, 0.29) is 18.4 Å². The molecular weight excluding hydrogens is 336 g/mol. The number of carbonyl (C=O) groups excluding carboxylic acids is 1. The van der Waals surface area contributed by atoms with Crippen LogP contribution in [0, 0.1) is 17.2 Å². The van der Waals surface area contributed by atoms with E-state index in [0.717, 1.165) is 36.8 Å². The smallest absolute Gasteiger partial charge is 0.238 e. The quantitative estimate of drug-likeness (QED) is 0.682. The van der Waals surface area contributed by atoms with Crippen molar-refractivity contribution in [2.75, 3.05) is 56.9 Å². The van der Waals surface area contributed by atoms with Crippen LogP contribution in [0.1, 0.15) is 6.92 Å². The minimum atomic E-state index is -0.0241. The van der Waals surface area contributed by atoms with E-state index in [1.807, 2.05) is 31.2 Å². The summed E-state index contributed by atoms with van der Waals surface area (Å²) in [6.45, 7) is 6.59. The van der Waals surface area contributed by atoms with Crippen molar-refractivity contribution in [3.8, 4) is 6.07 Å². The Kier molecular flexibility index (Phi) is 8.22. The Labute approximate surface area is 153 Å². The van der Waals surface area contributed by atoms with Gasteiger partial charge in [-0.2, -0.15) is 5.26 Å². The van der Waals surface area contributed by atoms with Gasteiger partial charge in [-0.15, -0.1) is 11.8 Å². The SMILES string of the molecule is CC(C#N)CSc1ccccc1NC(=O)CN1CCN(CCO)CC1. The Morgan fingerprint density at radius 2 is 2.00 bits per heavy atom. The highest BCUT2D eigenvalue weighted by molar-refractivity contribution is 7.99. The molecule has 7 heteroatoms. The zero-order chi connectivity index (χ0) is 18.1. The largest absolute Gasteiger partial charge is 0.395 e. The molecule has 1 amide bonds. The van der Waals surface area contributed by atoms with Gasteiger partial charge in [-0.05, 0) is 19.1 Å². The summed E-state index contributed by atoms with van der Waals surface area (Å²) in [6.07, 6.45) is 0. The molecule has 0 bridgehead atoms. The summed E-state index contributed by atoms with van der Waals surface area (Å²) in [4.78, 5) is 17.7. The minimum absolute atomic E-state index is 0.0167. The minimum Gasteiger partial charge on any atom is -0.395 e. The molecule has 0 aliphatic carbocycles. The molecular formula is C18H26N4O2S. The number of hydrogen-bond donors (Lipinski definition) is 2. The number of aliphatic hydroxyl groups excluding tert-OH is 1. The lowest BCUT2D eigenvalue weighted by molar-refractivity contribution is -0.117. The number of benzene rings is 1. The van der Waals surface area contributed by atoms with Crippen LogP contribution in [0.3, 0.4) is 0 Å². The number of amides is 1. The van der Waals surface area contributed by atoms with E-state index >= 15 is 0 Å². The summed E-state index contributed by atoms with van der Waals surface area (Å²) in [5, 5.41) is 20.9. The van der Waals surface area contributed by atoms with E-state index in [4.69, 9.17) is 10.4 Å². The van der Waals surface area contributed by atoms with Crippen LogP contribution in [0.25, 0.3) is 0 Å². The van der Waals surface area contributed by atoms with Crippen LogP contribution in [0.2, 0.25) is 0 Å². The van der Waals surface area contributed by atoms with Gasteiger partial charge in [0, 0.05) is 43.4 Å². The average molecular weight is 362 g/mol. The Morgan fingerprint density at radius 1 is 1.32 bits per heavy atom. The summed E-state index contributed by atoms with van der Waals surface area (Å²) in [5.41, 5.74) is 0.807. The van der Waals surface area contributed by atoms with Crippen molar-refractivity contribution < 1.29 is 9.90 Å². The third kappa shape index (κ3) is 6.67. The Balaban J connectivity index is 1.83. The standard InChI is InChI=1S/C18H26N4O2S/c1-15(12-19)14-25-17-5-3-2-4-16(17)20-18(24)13-22-8-6-21(7-9-22)10-11-23/h2-5,15,23H,6-11,13-14H2,1H3,(H,20,24). The van der Waals surface area contributed by atoms with Gasteiger partial charge < -0.3 is 10.4 Å².